The molecule has 0 radical (unpaired) electrons. The minimum absolute atomic E-state index is 0.0261. The molecule has 6 nitrogen and oxygen atoms in total. The van der Waals surface area contributed by atoms with Crippen LogP contribution in [-0.2, 0) is 6.61 Å². The number of aryl methyl sites for hydroxylation is 1. The van der Waals surface area contributed by atoms with Gasteiger partial charge in [-0.1, -0.05) is 36.4 Å². The molecule has 2 heterocycles. The molecule has 0 saturated heterocycles. The molecule has 2 aromatic carbocycles. The number of aromatic nitrogens is 2. The predicted octanol–water partition coefficient (Wildman–Crippen LogP) is 3.96. The van der Waals surface area contributed by atoms with Crippen molar-refractivity contribution in [1.82, 2.24) is 14.7 Å². The number of pyridine rings is 1. The topological polar surface area (TPSA) is 75.9 Å². The fraction of sp³-hybridized carbons (Fsp3) is 0.167. The van der Waals surface area contributed by atoms with E-state index < -0.39 is 23.6 Å². The first-order chi connectivity index (χ1) is 15.5. The van der Waals surface area contributed by atoms with E-state index in [0.29, 0.717) is 16.9 Å². The number of carbonyl (C=O) groups is 1. The van der Waals surface area contributed by atoms with Crippen molar-refractivity contribution in [2.24, 2.45) is 0 Å². The van der Waals surface area contributed by atoms with Gasteiger partial charge in [-0.3, -0.25) is 9.20 Å². The van der Waals surface area contributed by atoms with Crippen molar-refractivity contribution in [1.29, 1.82) is 0 Å². The highest BCUT2D eigenvalue weighted by Gasteiger charge is 2.20. The summed E-state index contributed by atoms with van der Waals surface area (Å²) in [6.07, 6.45) is 0.795. The Hall–Kier alpha value is -3.78. The summed E-state index contributed by atoms with van der Waals surface area (Å²) in [6, 6.07) is 15.9. The Labute approximate surface area is 183 Å². The number of aliphatic hydroxyl groups is 1. The van der Waals surface area contributed by atoms with Crippen LogP contribution in [0, 0.1) is 18.6 Å². The molecule has 4 aromatic rings. The number of benzene rings is 2. The predicted molar refractivity (Wildman–Crippen MR) is 114 cm³/mol. The van der Waals surface area contributed by atoms with Crippen molar-refractivity contribution in [2.75, 3.05) is 6.54 Å². The third kappa shape index (κ3) is 4.31. The van der Waals surface area contributed by atoms with E-state index in [4.69, 9.17) is 4.74 Å². The number of fused-ring (bicyclic) bond motifs is 1. The summed E-state index contributed by atoms with van der Waals surface area (Å²) >= 11 is 0. The van der Waals surface area contributed by atoms with Crippen LogP contribution in [0.1, 0.15) is 33.4 Å². The lowest BCUT2D eigenvalue weighted by atomic mass is 10.1. The second-order valence-electron chi connectivity index (χ2n) is 7.24. The van der Waals surface area contributed by atoms with Gasteiger partial charge in [0.1, 0.15) is 23.9 Å². The highest BCUT2D eigenvalue weighted by molar-refractivity contribution is 5.95. The first-order valence-electron chi connectivity index (χ1n) is 10.00. The van der Waals surface area contributed by atoms with Gasteiger partial charge in [-0.25, -0.2) is 13.8 Å². The van der Waals surface area contributed by atoms with Gasteiger partial charge in [-0.15, -0.1) is 0 Å². The first-order valence-corrected chi connectivity index (χ1v) is 10.00. The van der Waals surface area contributed by atoms with Crippen LogP contribution in [0.4, 0.5) is 8.78 Å². The molecule has 0 saturated carbocycles. The molecule has 0 aliphatic rings. The summed E-state index contributed by atoms with van der Waals surface area (Å²) in [5.74, 6) is -1.54. The van der Waals surface area contributed by atoms with Gasteiger partial charge in [0.15, 0.2) is 11.4 Å². The van der Waals surface area contributed by atoms with Crippen LogP contribution >= 0.6 is 0 Å². The molecule has 1 amide bonds. The van der Waals surface area contributed by atoms with Gasteiger partial charge in [-0.05, 0) is 36.8 Å². The lowest BCUT2D eigenvalue weighted by Crippen LogP contribution is -2.29. The molecular weight excluding hydrogens is 416 g/mol. The normalized spacial score (nSPS) is 12.0. The molecule has 32 heavy (non-hydrogen) atoms. The number of hydrogen-bond acceptors (Lipinski definition) is 4. The number of nitrogens with one attached hydrogen (secondary N) is 1. The van der Waals surface area contributed by atoms with E-state index in [1.807, 2.05) is 18.2 Å². The Kier molecular flexibility index (Phi) is 6.13. The Morgan fingerprint density at radius 1 is 1.09 bits per heavy atom. The zero-order valence-corrected chi connectivity index (χ0v) is 17.3. The molecule has 0 spiro atoms. The molecule has 1 unspecified atom stereocenters. The molecular formula is C24H21F2N3O3. The molecule has 4 rings (SSSR count). The number of aliphatic hydroxyl groups excluding tert-OH is 1. The van der Waals surface area contributed by atoms with E-state index in [1.54, 1.807) is 41.8 Å². The maximum absolute atomic E-state index is 13.9. The minimum atomic E-state index is -0.853. The number of rotatable bonds is 7. The Morgan fingerprint density at radius 2 is 1.81 bits per heavy atom. The molecule has 0 bridgehead atoms. The smallest absolute Gasteiger partial charge is 0.270 e. The fourth-order valence-corrected chi connectivity index (χ4v) is 3.43. The molecule has 0 fully saturated rings. The summed E-state index contributed by atoms with van der Waals surface area (Å²) in [5, 5.41) is 13.0. The number of imidazole rings is 1. The molecule has 0 aliphatic carbocycles. The molecule has 164 valence electrons. The van der Waals surface area contributed by atoms with Gasteiger partial charge in [0.05, 0.1) is 17.4 Å². The van der Waals surface area contributed by atoms with Gasteiger partial charge >= 0.3 is 0 Å². The molecule has 2 N–H and O–H groups in total. The number of ether oxygens (including phenoxy) is 1. The van der Waals surface area contributed by atoms with E-state index in [0.717, 1.165) is 12.1 Å². The Morgan fingerprint density at radius 3 is 2.53 bits per heavy atom. The monoisotopic (exact) mass is 437 g/mol. The van der Waals surface area contributed by atoms with Crippen LogP contribution in [0.5, 0.6) is 5.75 Å². The van der Waals surface area contributed by atoms with E-state index in [-0.39, 0.29) is 30.2 Å². The van der Waals surface area contributed by atoms with E-state index in [1.165, 1.54) is 6.07 Å². The SMILES string of the molecule is Cc1nc2c(OCc3c(F)cccc3F)cccn2c1C(=O)NCC(O)c1ccccc1. The maximum atomic E-state index is 13.9. The van der Waals surface area contributed by atoms with Gasteiger partial charge in [0, 0.05) is 12.7 Å². The second kappa shape index (κ2) is 9.15. The number of carbonyl (C=O) groups excluding carboxylic acids is 1. The summed E-state index contributed by atoms with van der Waals surface area (Å²) in [7, 11) is 0. The van der Waals surface area contributed by atoms with Crippen molar-refractivity contribution >= 4 is 11.6 Å². The minimum Gasteiger partial charge on any atom is -0.485 e. The lowest BCUT2D eigenvalue weighted by molar-refractivity contribution is 0.0910. The molecule has 2 aromatic heterocycles. The van der Waals surface area contributed by atoms with Crippen molar-refractivity contribution in [3.05, 3.63) is 101 Å². The number of amides is 1. The van der Waals surface area contributed by atoms with Crippen LogP contribution in [0.2, 0.25) is 0 Å². The average Bonchev–Trinajstić information content (AvgIpc) is 3.14. The summed E-state index contributed by atoms with van der Waals surface area (Å²) < 4.78 is 35.0. The first kappa shape index (κ1) is 21.5. The standard InChI is InChI=1S/C24H21F2N3O3/c1-15-22(24(31)27-13-20(30)16-7-3-2-4-8-16)29-12-6-11-21(23(29)28-15)32-14-17-18(25)9-5-10-19(17)26/h2-12,20,30H,13-14H2,1H3,(H,27,31). The third-order valence-corrected chi connectivity index (χ3v) is 5.08. The van der Waals surface area contributed by atoms with Crippen LogP contribution in [0.3, 0.4) is 0 Å². The van der Waals surface area contributed by atoms with Crippen LogP contribution in [0.25, 0.3) is 5.65 Å². The zero-order valence-electron chi connectivity index (χ0n) is 17.3. The summed E-state index contributed by atoms with van der Waals surface area (Å²) in [5.41, 5.74) is 1.58. The zero-order chi connectivity index (χ0) is 22.7. The average molecular weight is 437 g/mol. The molecule has 1 atom stereocenters. The van der Waals surface area contributed by atoms with Crippen molar-refractivity contribution in [3.63, 3.8) is 0 Å². The van der Waals surface area contributed by atoms with Crippen LogP contribution in [0.15, 0.2) is 66.9 Å². The van der Waals surface area contributed by atoms with Crippen molar-refractivity contribution in [3.8, 4) is 5.75 Å². The van der Waals surface area contributed by atoms with Crippen LogP contribution in [-0.4, -0.2) is 26.9 Å². The fourth-order valence-electron chi connectivity index (χ4n) is 3.43. The lowest BCUT2D eigenvalue weighted by Gasteiger charge is -2.13. The van der Waals surface area contributed by atoms with Crippen LogP contribution < -0.4 is 10.1 Å². The van der Waals surface area contributed by atoms with Gasteiger partial charge in [0.2, 0.25) is 0 Å². The summed E-state index contributed by atoms with van der Waals surface area (Å²) in [6.45, 7) is 1.38. The summed E-state index contributed by atoms with van der Waals surface area (Å²) in [4.78, 5) is 17.2. The molecule has 0 aliphatic heterocycles. The largest absolute Gasteiger partial charge is 0.485 e. The van der Waals surface area contributed by atoms with E-state index >= 15 is 0 Å². The number of halogens is 2. The van der Waals surface area contributed by atoms with E-state index in [9.17, 15) is 18.7 Å². The quantitative estimate of drug-likeness (QED) is 0.459. The van der Waals surface area contributed by atoms with Gasteiger partial charge in [-0.2, -0.15) is 0 Å². The Bertz CT molecular complexity index is 1240. The highest BCUT2D eigenvalue weighted by atomic mass is 19.1. The third-order valence-electron chi connectivity index (χ3n) is 5.08. The number of nitrogens with zero attached hydrogens (tertiary/aromatic N) is 2. The highest BCUT2D eigenvalue weighted by Crippen LogP contribution is 2.24. The van der Waals surface area contributed by atoms with Crippen molar-refractivity contribution < 1.29 is 23.4 Å². The van der Waals surface area contributed by atoms with E-state index in [2.05, 4.69) is 10.3 Å². The van der Waals surface area contributed by atoms with Gasteiger partial charge < -0.3 is 15.2 Å². The Balaban J connectivity index is 1.53. The maximum Gasteiger partial charge on any atom is 0.270 e. The molecule has 8 heteroatoms. The number of hydrogen-bond donors (Lipinski definition) is 2. The van der Waals surface area contributed by atoms with Crippen molar-refractivity contribution in [2.45, 2.75) is 19.6 Å². The second-order valence-corrected chi connectivity index (χ2v) is 7.24. The van der Waals surface area contributed by atoms with Gasteiger partial charge in [0.25, 0.3) is 5.91 Å².